The van der Waals surface area contributed by atoms with Crippen molar-refractivity contribution in [1.29, 1.82) is 0 Å². The third-order valence-electron chi connectivity index (χ3n) is 8.33. The number of aliphatic hydroxyl groups excluding tert-OH is 1. The Hall–Kier alpha value is -3.11. The summed E-state index contributed by atoms with van der Waals surface area (Å²) in [7, 11) is -3.68. The molecule has 2 aliphatic heterocycles. The van der Waals surface area contributed by atoms with Gasteiger partial charge in [0, 0.05) is 26.1 Å². The zero-order valence-corrected chi connectivity index (χ0v) is 22.8. The summed E-state index contributed by atoms with van der Waals surface area (Å²) in [6, 6.07) is 10.9. The predicted octanol–water partition coefficient (Wildman–Crippen LogP) is 3.99. The van der Waals surface area contributed by atoms with Crippen LogP contribution in [0.4, 0.5) is 17.1 Å². The van der Waals surface area contributed by atoms with Gasteiger partial charge in [-0.3, -0.25) is 9.52 Å². The molecule has 1 spiro atoms. The largest absolute Gasteiger partial charge is 0.395 e. The monoisotopic (exact) mass is 537 g/mol. The molecule has 2 fully saturated rings. The number of aromatic nitrogens is 2. The van der Waals surface area contributed by atoms with Gasteiger partial charge in [0.15, 0.2) is 0 Å². The summed E-state index contributed by atoms with van der Waals surface area (Å²) >= 11 is 0. The number of nitrogens with one attached hydrogen (secondary N) is 2. The van der Waals surface area contributed by atoms with Gasteiger partial charge in [0.2, 0.25) is 10.0 Å². The molecule has 10 heteroatoms. The first-order valence-electron chi connectivity index (χ1n) is 13.4. The van der Waals surface area contributed by atoms with E-state index in [0.29, 0.717) is 28.0 Å². The number of fused-ring (bicyclic) bond motifs is 3. The summed E-state index contributed by atoms with van der Waals surface area (Å²) in [6.45, 7) is 6.56. The second kappa shape index (κ2) is 8.98. The van der Waals surface area contributed by atoms with Gasteiger partial charge in [0.1, 0.15) is 11.3 Å². The van der Waals surface area contributed by atoms with Crippen LogP contribution in [0.1, 0.15) is 55.7 Å². The number of imidazole rings is 1. The highest BCUT2D eigenvalue weighted by Crippen LogP contribution is 2.54. The average Bonchev–Trinajstić information content (AvgIpc) is 3.42. The minimum Gasteiger partial charge on any atom is -0.395 e. The van der Waals surface area contributed by atoms with E-state index in [-0.39, 0.29) is 17.1 Å². The summed E-state index contributed by atoms with van der Waals surface area (Å²) in [5.74, 6) is 0.402. The van der Waals surface area contributed by atoms with Crippen LogP contribution in [-0.2, 0) is 23.0 Å². The molecule has 0 atom stereocenters. The standard InChI is InChI=1S/C28H35N5O4S/c1-27(2)17-24-30-25-21(4-3-5-22(25)33(24)18-27)29-26(35)20-7-6-19(31-38(36,37)15-14-34)16-23(20)32-12-10-28(8-9-28)11-13-32/h3-7,16,31,34H,8-15,17-18H2,1-2H3,(H,29,35). The van der Waals surface area contributed by atoms with Crippen molar-refractivity contribution in [3.05, 3.63) is 47.8 Å². The lowest BCUT2D eigenvalue weighted by atomic mass is 9.92. The number of amides is 1. The van der Waals surface area contributed by atoms with Crippen molar-refractivity contribution >= 4 is 44.0 Å². The minimum atomic E-state index is -3.68. The number of hydrogen-bond acceptors (Lipinski definition) is 6. The summed E-state index contributed by atoms with van der Waals surface area (Å²) in [5.41, 5.74) is 4.69. The molecular weight excluding hydrogens is 502 g/mol. The molecule has 0 bridgehead atoms. The van der Waals surface area contributed by atoms with Gasteiger partial charge in [0.05, 0.1) is 40.5 Å². The first-order chi connectivity index (χ1) is 18.1. The SMILES string of the molecule is CC1(C)Cc2nc3c(NC(=O)c4ccc(NS(=O)(=O)CCO)cc4N4CCC5(CC4)CC5)cccc3n2C1. The lowest BCUT2D eigenvalue weighted by Gasteiger charge is -2.35. The number of carbonyl (C=O) groups excluding carboxylic acids is 1. The number of carbonyl (C=O) groups is 1. The van der Waals surface area contributed by atoms with E-state index >= 15 is 0 Å². The highest BCUT2D eigenvalue weighted by Gasteiger charge is 2.44. The number of piperidine rings is 1. The normalized spacial score (nSPS) is 19.5. The Bertz CT molecular complexity index is 1510. The fourth-order valence-electron chi connectivity index (χ4n) is 6.01. The Morgan fingerprint density at radius 2 is 1.87 bits per heavy atom. The number of anilines is 3. The first kappa shape index (κ1) is 25.2. The zero-order chi connectivity index (χ0) is 26.7. The van der Waals surface area contributed by atoms with Crippen molar-refractivity contribution in [1.82, 2.24) is 9.55 Å². The van der Waals surface area contributed by atoms with Crippen LogP contribution in [0.3, 0.4) is 0 Å². The number of sulfonamides is 1. The predicted molar refractivity (Wildman–Crippen MR) is 149 cm³/mol. The number of para-hydroxylation sites is 1. The molecule has 3 aliphatic rings. The molecule has 1 aliphatic carbocycles. The summed E-state index contributed by atoms with van der Waals surface area (Å²) in [5, 5.41) is 12.2. The van der Waals surface area contributed by atoms with Gasteiger partial charge in [-0.1, -0.05) is 19.9 Å². The number of nitrogens with zero attached hydrogens (tertiary/aromatic N) is 3. The van der Waals surface area contributed by atoms with Crippen molar-refractivity contribution in [3.8, 4) is 0 Å². The molecule has 3 aromatic rings. The van der Waals surface area contributed by atoms with Crippen molar-refractivity contribution in [2.24, 2.45) is 10.8 Å². The van der Waals surface area contributed by atoms with Crippen LogP contribution in [0.5, 0.6) is 0 Å². The van der Waals surface area contributed by atoms with Crippen LogP contribution in [0.2, 0.25) is 0 Å². The summed E-state index contributed by atoms with van der Waals surface area (Å²) < 4.78 is 29.4. The Morgan fingerprint density at radius 1 is 1.11 bits per heavy atom. The third kappa shape index (κ3) is 4.75. The highest BCUT2D eigenvalue weighted by molar-refractivity contribution is 7.92. The lowest BCUT2D eigenvalue weighted by molar-refractivity contribution is 0.102. The fourth-order valence-corrected chi connectivity index (χ4v) is 6.84. The zero-order valence-electron chi connectivity index (χ0n) is 22.0. The van der Waals surface area contributed by atoms with E-state index in [9.17, 15) is 13.2 Å². The van der Waals surface area contributed by atoms with E-state index in [4.69, 9.17) is 10.1 Å². The third-order valence-corrected chi connectivity index (χ3v) is 9.59. The molecule has 1 amide bonds. The molecule has 3 N–H and O–H groups in total. The maximum absolute atomic E-state index is 13.7. The lowest BCUT2D eigenvalue weighted by Crippen LogP contribution is -2.35. The number of hydrogen-bond donors (Lipinski definition) is 3. The van der Waals surface area contributed by atoms with E-state index in [2.05, 4.69) is 33.4 Å². The van der Waals surface area contributed by atoms with Crippen molar-refractivity contribution in [3.63, 3.8) is 0 Å². The number of aliphatic hydroxyl groups is 1. The second-order valence-corrected chi connectivity index (χ2v) is 13.8. The molecule has 2 aromatic carbocycles. The maximum atomic E-state index is 13.7. The first-order valence-corrected chi connectivity index (χ1v) is 15.0. The van der Waals surface area contributed by atoms with Crippen LogP contribution >= 0.6 is 0 Å². The van der Waals surface area contributed by atoms with Gasteiger partial charge >= 0.3 is 0 Å². The van der Waals surface area contributed by atoms with Crippen molar-refractivity contribution < 1.29 is 18.3 Å². The van der Waals surface area contributed by atoms with E-state index in [1.54, 1.807) is 18.2 Å². The van der Waals surface area contributed by atoms with Gasteiger partial charge in [-0.15, -0.1) is 0 Å². The summed E-state index contributed by atoms with van der Waals surface area (Å²) in [6.07, 6.45) is 5.58. The van der Waals surface area contributed by atoms with Crippen LogP contribution in [-0.4, -0.2) is 54.4 Å². The minimum absolute atomic E-state index is 0.165. The Morgan fingerprint density at radius 3 is 2.58 bits per heavy atom. The molecule has 0 unspecified atom stereocenters. The number of rotatable bonds is 7. The van der Waals surface area contributed by atoms with Crippen LogP contribution in [0.25, 0.3) is 11.0 Å². The van der Waals surface area contributed by atoms with Gasteiger partial charge < -0.3 is 19.9 Å². The van der Waals surface area contributed by atoms with E-state index in [0.717, 1.165) is 55.8 Å². The van der Waals surface area contributed by atoms with Crippen LogP contribution in [0.15, 0.2) is 36.4 Å². The fraction of sp³-hybridized carbons (Fsp3) is 0.500. The molecule has 38 heavy (non-hydrogen) atoms. The van der Waals surface area contributed by atoms with E-state index in [1.807, 2.05) is 18.2 Å². The average molecular weight is 538 g/mol. The van der Waals surface area contributed by atoms with Gasteiger partial charge in [0.25, 0.3) is 5.91 Å². The van der Waals surface area contributed by atoms with E-state index in [1.165, 1.54) is 12.8 Å². The molecule has 3 heterocycles. The van der Waals surface area contributed by atoms with Gasteiger partial charge in [-0.25, -0.2) is 13.4 Å². The molecule has 202 valence electrons. The molecule has 1 saturated heterocycles. The van der Waals surface area contributed by atoms with E-state index < -0.39 is 16.6 Å². The maximum Gasteiger partial charge on any atom is 0.257 e. The quantitative estimate of drug-likeness (QED) is 0.420. The topological polar surface area (TPSA) is 117 Å². The smallest absolute Gasteiger partial charge is 0.257 e. The molecule has 9 nitrogen and oxygen atoms in total. The Balaban J connectivity index is 1.31. The van der Waals surface area contributed by atoms with Gasteiger partial charge in [-0.05, 0) is 66.8 Å². The molecule has 1 saturated carbocycles. The van der Waals surface area contributed by atoms with Gasteiger partial charge in [-0.2, -0.15) is 0 Å². The Kier molecular flexibility index (Phi) is 5.95. The van der Waals surface area contributed by atoms with Crippen molar-refractivity contribution in [2.45, 2.75) is 52.5 Å². The highest BCUT2D eigenvalue weighted by atomic mass is 32.2. The molecular formula is C28H35N5O4S. The second-order valence-electron chi connectivity index (χ2n) is 11.9. The van der Waals surface area contributed by atoms with Crippen molar-refractivity contribution in [2.75, 3.05) is 40.4 Å². The van der Waals surface area contributed by atoms with Crippen LogP contribution < -0.4 is 14.9 Å². The summed E-state index contributed by atoms with van der Waals surface area (Å²) in [4.78, 5) is 20.8. The molecule has 0 radical (unpaired) electrons. The Labute approximate surface area is 223 Å². The molecule has 1 aromatic heterocycles. The molecule has 6 rings (SSSR count). The number of benzene rings is 2. The van der Waals surface area contributed by atoms with Crippen LogP contribution in [0, 0.1) is 10.8 Å².